The van der Waals surface area contributed by atoms with Crippen LogP contribution in [-0.4, -0.2) is 22.1 Å². The number of hydrogen-bond donors (Lipinski definition) is 1. The Labute approximate surface area is 173 Å². The number of carbonyl (C=O) groups is 1. The molecular formula is C20H18BrF2N3O3. The average Bonchev–Trinajstić information content (AvgIpc) is 2.67. The van der Waals surface area contributed by atoms with Gasteiger partial charge in [-0.05, 0) is 42.8 Å². The number of nitrogens with one attached hydrogen (secondary N) is 1. The van der Waals surface area contributed by atoms with E-state index in [0.29, 0.717) is 16.5 Å². The van der Waals surface area contributed by atoms with Gasteiger partial charge in [0.25, 0.3) is 5.56 Å². The van der Waals surface area contributed by atoms with E-state index < -0.39 is 12.7 Å². The molecule has 0 aliphatic heterocycles. The molecule has 29 heavy (non-hydrogen) atoms. The van der Waals surface area contributed by atoms with E-state index in [9.17, 15) is 18.4 Å². The number of ether oxygens (including phenoxy) is 1. The zero-order valence-electron chi connectivity index (χ0n) is 15.4. The van der Waals surface area contributed by atoms with Crippen molar-refractivity contribution in [3.05, 3.63) is 69.2 Å². The highest BCUT2D eigenvalue weighted by atomic mass is 79.9. The predicted molar refractivity (Wildman–Crippen MR) is 108 cm³/mol. The van der Waals surface area contributed by atoms with Crippen LogP contribution in [0.5, 0.6) is 5.75 Å². The van der Waals surface area contributed by atoms with Gasteiger partial charge in [0.2, 0.25) is 5.91 Å². The van der Waals surface area contributed by atoms with Gasteiger partial charge >= 0.3 is 6.61 Å². The molecule has 0 bridgehead atoms. The summed E-state index contributed by atoms with van der Waals surface area (Å²) in [4.78, 5) is 29.1. The number of rotatable bonds is 7. The van der Waals surface area contributed by atoms with Crippen LogP contribution in [0.4, 0.5) is 8.78 Å². The molecule has 0 aliphatic carbocycles. The first-order valence-electron chi connectivity index (χ1n) is 8.82. The number of halogens is 3. The predicted octanol–water partition coefficient (Wildman–Crippen LogP) is 4.03. The summed E-state index contributed by atoms with van der Waals surface area (Å²) < 4.78 is 31.2. The van der Waals surface area contributed by atoms with Crippen molar-refractivity contribution < 1.29 is 18.3 Å². The Morgan fingerprint density at radius 2 is 2.07 bits per heavy atom. The third-order valence-corrected chi connectivity index (χ3v) is 4.82. The molecule has 3 aromatic rings. The average molecular weight is 466 g/mol. The van der Waals surface area contributed by atoms with E-state index in [1.165, 1.54) is 23.0 Å². The van der Waals surface area contributed by atoms with Crippen LogP contribution in [0.2, 0.25) is 0 Å². The van der Waals surface area contributed by atoms with Crippen LogP contribution in [0, 0.1) is 0 Å². The number of nitrogens with zero attached hydrogens (tertiary/aromatic N) is 2. The van der Waals surface area contributed by atoms with Gasteiger partial charge in [-0.15, -0.1) is 0 Å². The summed E-state index contributed by atoms with van der Waals surface area (Å²) in [5.74, 6) is -0.252. The number of carbonyl (C=O) groups excluding carboxylic acids is 1. The molecule has 0 radical (unpaired) electrons. The number of alkyl halides is 2. The minimum Gasteiger partial charge on any atom is -0.435 e. The van der Waals surface area contributed by atoms with Crippen molar-refractivity contribution in [3.63, 3.8) is 0 Å². The maximum absolute atomic E-state index is 12.6. The normalized spacial score (nSPS) is 12.2. The summed E-state index contributed by atoms with van der Waals surface area (Å²) in [7, 11) is 0. The molecule has 2 aromatic carbocycles. The summed E-state index contributed by atoms with van der Waals surface area (Å²) >= 11 is 3.33. The molecule has 1 N–H and O–H groups in total. The first-order valence-corrected chi connectivity index (χ1v) is 9.61. The number of aryl methyl sites for hydroxylation is 1. The molecule has 1 heterocycles. The fourth-order valence-electron chi connectivity index (χ4n) is 2.87. The van der Waals surface area contributed by atoms with Gasteiger partial charge in [0.15, 0.2) is 0 Å². The third-order valence-electron chi connectivity index (χ3n) is 4.33. The van der Waals surface area contributed by atoms with Crippen LogP contribution in [0.25, 0.3) is 10.9 Å². The summed E-state index contributed by atoms with van der Waals surface area (Å²) in [6, 6.07) is 11.0. The number of hydrogen-bond acceptors (Lipinski definition) is 4. The quantitative estimate of drug-likeness (QED) is 0.571. The first-order chi connectivity index (χ1) is 13.8. The molecule has 3 rings (SSSR count). The molecule has 0 fully saturated rings. The molecule has 152 valence electrons. The number of benzene rings is 2. The zero-order valence-corrected chi connectivity index (χ0v) is 17.0. The molecule has 0 saturated heterocycles. The van der Waals surface area contributed by atoms with E-state index in [2.05, 4.69) is 31.0 Å². The summed E-state index contributed by atoms with van der Waals surface area (Å²) in [6.07, 6.45) is 1.49. The summed E-state index contributed by atoms with van der Waals surface area (Å²) in [5.41, 5.74) is 0.985. The first kappa shape index (κ1) is 20.9. The molecule has 6 nitrogen and oxygen atoms in total. The Kier molecular flexibility index (Phi) is 6.58. The molecule has 0 saturated carbocycles. The molecule has 1 atom stereocenters. The highest BCUT2D eigenvalue weighted by Gasteiger charge is 2.13. The van der Waals surface area contributed by atoms with Gasteiger partial charge in [-0.3, -0.25) is 14.2 Å². The van der Waals surface area contributed by atoms with Crippen molar-refractivity contribution in [2.45, 2.75) is 32.5 Å². The van der Waals surface area contributed by atoms with Crippen LogP contribution in [0.15, 0.2) is 58.1 Å². The number of amides is 1. The van der Waals surface area contributed by atoms with Gasteiger partial charge in [0.05, 0.1) is 23.3 Å². The Balaban J connectivity index is 1.63. The van der Waals surface area contributed by atoms with Crippen LogP contribution < -0.4 is 15.6 Å². The lowest BCUT2D eigenvalue weighted by molar-refractivity contribution is -0.122. The second-order valence-corrected chi connectivity index (χ2v) is 7.31. The van der Waals surface area contributed by atoms with E-state index in [-0.39, 0.29) is 30.2 Å². The second kappa shape index (κ2) is 9.13. The van der Waals surface area contributed by atoms with Crippen LogP contribution in [0.3, 0.4) is 0 Å². The van der Waals surface area contributed by atoms with E-state index in [4.69, 9.17) is 0 Å². The Morgan fingerprint density at radius 3 is 2.83 bits per heavy atom. The van der Waals surface area contributed by atoms with Gasteiger partial charge in [-0.25, -0.2) is 4.98 Å². The maximum Gasteiger partial charge on any atom is 0.387 e. The van der Waals surface area contributed by atoms with Crippen LogP contribution in [0.1, 0.15) is 24.9 Å². The van der Waals surface area contributed by atoms with Gasteiger partial charge < -0.3 is 10.1 Å². The molecule has 1 unspecified atom stereocenters. The Morgan fingerprint density at radius 1 is 1.28 bits per heavy atom. The highest BCUT2D eigenvalue weighted by Crippen LogP contribution is 2.21. The Bertz CT molecular complexity index is 1090. The van der Waals surface area contributed by atoms with Crippen molar-refractivity contribution in [2.24, 2.45) is 0 Å². The number of fused-ring (bicyclic) bond motifs is 1. The fourth-order valence-corrected chi connectivity index (χ4v) is 3.23. The summed E-state index contributed by atoms with van der Waals surface area (Å²) in [6.45, 7) is -1.01. The van der Waals surface area contributed by atoms with Crippen molar-refractivity contribution in [1.29, 1.82) is 0 Å². The number of aromatic nitrogens is 2. The lowest BCUT2D eigenvalue weighted by atomic mass is 10.1. The SMILES string of the molecule is CC(NC(=O)CCn1cnc2ccc(Br)cc2c1=O)c1cccc(OC(F)F)c1. The highest BCUT2D eigenvalue weighted by molar-refractivity contribution is 9.10. The molecule has 0 aliphatic rings. The molecule has 1 amide bonds. The summed E-state index contributed by atoms with van der Waals surface area (Å²) in [5, 5.41) is 3.25. The van der Waals surface area contributed by atoms with Crippen LogP contribution >= 0.6 is 15.9 Å². The molecule has 9 heteroatoms. The van der Waals surface area contributed by atoms with E-state index in [1.54, 1.807) is 37.3 Å². The third kappa shape index (κ3) is 5.38. The minimum absolute atomic E-state index is 0.0264. The van der Waals surface area contributed by atoms with Gasteiger partial charge in [0, 0.05) is 17.4 Å². The topological polar surface area (TPSA) is 73.2 Å². The minimum atomic E-state index is -2.91. The monoisotopic (exact) mass is 465 g/mol. The largest absolute Gasteiger partial charge is 0.435 e. The smallest absolute Gasteiger partial charge is 0.387 e. The lowest BCUT2D eigenvalue weighted by Crippen LogP contribution is -2.29. The van der Waals surface area contributed by atoms with Crippen LogP contribution in [-0.2, 0) is 11.3 Å². The molecular weight excluding hydrogens is 448 g/mol. The van der Waals surface area contributed by atoms with Crippen molar-refractivity contribution >= 4 is 32.7 Å². The van der Waals surface area contributed by atoms with Gasteiger partial charge in [-0.1, -0.05) is 28.1 Å². The van der Waals surface area contributed by atoms with E-state index >= 15 is 0 Å². The van der Waals surface area contributed by atoms with E-state index in [0.717, 1.165) is 4.47 Å². The second-order valence-electron chi connectivity index (χ2n) is 6.39. The fraction of sp³-hybridized carbons (Fsp3) is 0.250. The van der Waals surface area contributed by atoms with Crippen molar-refractivity contribution in [2.75, 3.05) is 0 Å². The lowest BCUT2D eigenvalue weighted by Gasteiger charge is -2.16. The van der Waals surface area contributed by atoms with Gasteiger partial charge in [-0.2, -0.15) is 8.78 Å². The molecule has 0 spiro atoms. The molecule has 1 aromatic heterocycles. The van der Waals surface area contributed by atoms with Gasteiger partial charge in [0.1, 0.15) is 5.75 Å². The maximum atomic E-state index is 12.6. The van der Waals surface area contributed by atoms with E-state index in [1.807, 2.05) is 0 Å². The Hall–Kier alpha value is -2.81. The van der Waals surface area contributed by atoms with Crippen molar-refractivity contribution in [3.8, 4) is 5.75 Å². The standard InChI is InChI=1S/C20H18BrF2N3O3/c1-12(13-3-2-4-15(9-13)29-20(22)23)25-18(27)7-8-26-11-24-17-6-5-14(21)10-16(17)19(26)28/h2-6,9-12,20H,7-8H2,1H3,(H,25,27). The van der Waals surface area contributed by atoms with Crippen molar-refractivity contribution in [1.82, 2.24) is 14.9 Å². The zero-order chi connectivity index (χ0) is 21.0.